The van der Waals surface area contributed by atoms with Gasteiger partial charge in [-0.05, 0) is 47.0 Å². The molecule has 4 heterocycles. The van der Waals surface area contributed by atoms with E-state index in [1.807, 2.05) is 50.6 Å². The summed E-state index contributed by atoms with van der Waals surface area (Å²) in [5.74, 6) is -0.0344. The molecule has 0 atom stereocenters. The molecular weight excluding hydrogens is 472 g/mol. The molecule has 0 spiro atoms. The minimum Gasteiger partial charge on any atom is -0.337 e. The van der Waals surface area contributed by atoms with Crippen LogP contribution in [0.1, 0.15) is 29.4 Å². The van der Waals surface area contributed by atoms with Crippen LogP contribution in [0.15, 0.2) is 50.4 Å². The first kappa shape index (κ1) is 18.8. The number of halogens is 1. The van der Waals surface area contributed by atoms with Crippen LogP contribution in [0.3, 0.4) is 0 Å². The molecule has 0 radical (unpaired) electrons. The Morgan fingerprint density at radius 3 is 2.72 bits per heavy atom. The Morgan fingerprint density at radius 1 is 1.17 bits per heavy atom. The van der Waals surface area contributed by atoms with Crippen LogP contribution < -0.4 is 5.69 Å². The van der Waals surface area contributed by atoms with Gasteiger partial charge in [-0.2, -0.15) is 0 Å². The summed E-state index contributed by atoms with van der Waals surface area (Å²) < 4.78 is 2.86. The fraction of sp³-hybridized carbons (Fsp3) is 0.250. The second-order valence-electron chi connectivity index (χ2n) is 7.01. The molecule has 5 rings (SSSR count). The highest BCUT2D eigenvalue weighted by Crippen LogP contribution is 2.32. The zero-order chi connectivity index (χ0) is 20.0. The Balaban J connectivity index is 1.30. The number of rotatable bonds is 3. The number of carbonyl (C=O) groups excluding carboxylic acids is 1. The van der Waals surface area contributed by atoms with Crippen LogP contribution in [0.2, 0.25) is 0 Å². The number of piperidine rings is 1. The van der Waals surface area contributed by atoms with E-state index in [-0.39, 0.29) is 17.6 Å². The normalized spacial score (nSPS) is 15.3. The second-order valence-corrected chi connectivity index (χ2v) is 9.69. The second kappa shape index (κ2) is 7.55. The van der Waals surface area contributed by atoms with Crippen LogP contribution in [0, 0.1) is 0 Å². The summed E-state index contributed by atoms with van der Waals surface area (Å²) in [5.41, 5.74) is 2.19. The van der Waals surface area contributed by atoms with Gasteiger partial charge in [0.2, 0.25) is 0 Å². The number of thiophene rings is 1. The molecule has 1 aromatic carbocycles. The molecule has 1 N–H and O–H groups in total. The van der Waals surface area contributed by atoms with Gasteiger partial charge in [0.25, 0.3) is 5.91 Å². The molecule has 4 aromatic rings. The molecule has 3 aromatic heterocycles. The van der Waals surface area contributed by atoms with Gasteiger partial charge in [0.05, 0.1) is 15.9 Å². The van der Waals surface area contributed by atoms with E-state index in [0.717, 1.165) is 38.2 Å². The maximum absolute atomic E-state index is 12.9. The van der Waals surface area contributed by atoms with Crippen molar-refractivity contribution in [2.75, 3.05) is 13.1 Å². The van der Waals surface area contributed by atoms with Gasteiger partial charge in [0.1, 0.15) is 10.7 Å². The Morgan fingerprint density at radius 2 is 1.97 bits per heavy atom. The van der Waals surface area contributed by atoms with Crippen molar-refractivity contribution in [2.45, 2.75) is 18.9 Å². The maximum atomic E-state index is 12.9. The average Bonchev–Trinajstić information content (AvgIpc) is 3.45. The predicted molar refractivity (Wildman–Crippen MR) is 120 cm³/mol. The molecule has 0 saturated carbocycles. The molecule has 1 amide bonds. The van der Waals surface area contributed by atoms with Gasteiger partial charge in [0, 0.05) is 34.4 Å². The summed E-state index contributed by atoms with van der Waals surface area (Å²) in [5, 5.41) is 4.71. The van der Waals surface area contributed by atoms with Crippen LogP contribution in [-0.4, -0.2) is 38.4 Å². The first-order valence-corrected chi connectivity index (χ1v) is 11.8. The van der Waals surface area contributed by atoms with Gasteiger partial charge in [-0.3, -0.25) is 9.36 Å². The van der Waals surface area contributed by atoms with Crippen molar-refractivity contribution in [1.29, 1.82) is 0 Å². The number of hydrogen-bond acceptors (Lipinski definition) is 5. The molecule has 1 saturated heterocycles. The lowest BCUT2D eigenvalue weighted by molar-refractivity contribution is 0.0690. The lowest BCUT2D eigenvalue weighted by atomic mass is 10.0. The summed E-state index contributed by atoms with van der Waals surface area (Å²) in [6, 6.07) is 9.85. The van der Waals surface area contributed by atoms with Crippen molar-refractivity contribution >= 4 is 55.5 Å². The summed E-state index contributed by atoms with van der Waals surface area (Å²) in [7, 11) is 0. The molecule has 0 aliphatic carbocycles. The number of H-pyrrole nitrogens is 1. The summed E-state index contributed by atoms with van der Waals surface area (Å²) in [6.45, 7) is 1.24. The van der Waals surface area contributed by atoms with Gasteiger partial charge >= 0.3 is 5.69 Å². The van der Waals surface area contributed by atoms with Crippen LogP contribution >= 0.6 is 38.6 Å². The van der Waals surface area contributed by atoms with Crippen LogP contribution in [0.25, 0.3) is 20.9 Å². The van der Waals surface area contributed by atoms with Gasteiger partial charge in [0.15, 0.2) is 0 Å². The summed E-state index contributed by atoms with van der Waals surface area (Å²) in [6.07, 6.45) is 1.50. The summed E-state index contributed by atoms with van der Waals surface area (Å²) >= 11 is 6.55. The van der Waals surface area contributed by atoms with Crippen molar-refractivity contribution in [3.63, 3.8) is 0 Å². The van der Waals surface area contributed by atoms with Gasteiger partial charge in [-0.1, -0.05) is 12.1 Å². The van der Waals surface area contributed by atoms with Gasteiger partial charge in [-0.25, -0.2) is 9.78 Å². The topological polar surface area (TPSA) is 71.0 Å². The Kier molecular flexibility index (Phi) is 4.89. The third kappa shape index (κ3) is 3.47. The van der Waals surface area contributed by atoms with E-state index in [4.69, 9.17) is 0 Å². The molecule has 0 unspecified atom stereocenters. The van der Waals surface area contributed by atoms with E-state index >= 15 is 0 Å². The number of hydrogen-bond donors (Lipinski definition) is 1. The van der Waals surface area contributed by atoms with Crippen LogP contribution in [0.4, 0.5) is 0 Å². The van der Waals surface area contributed by atoms with Gasteiger partial charge < -0.3 is 9.88 Å². The quantitative estimate of drug-likeness (QED) is 0.452. The number of likely N-dealkylation sites (tertiary alicyclic amines) is 1. The standard InChI is InChI=1S/C20H17BrN4O2S2/c21-12-9-17(28-10-12)18-22-15(11-29-18)19(26)24-7-5-13(6-8-24)25-16-4-2-1-3-14(16)23-20(25)27/h1-4,9-11,13H,5-8H2,(H,23,27). The van der Waals surface area contributed by atoms with E-state index in [1.165, 1.54) is 11.3 Å². The number of para-hydroxylation sites is 2. The monoisotopic (exact) mass is 488 g/mol. The van der Waals surface area contributed by atoms with Crippen molar-refractivity contribution < 1.29 is 4.79 Å². The van der Waals surface area contributed by atoms with E-state index in [1.54, 1.807) is 11.3 Å². The third-order valence-electron chi connectivity index (χ3n) is 5.24. The first-order valence-electron chi connectivity index (χ1n) is 9.28. The largest absolute Gasteiger partial charge is 0.337 e. The number of nitrogens with one attached hydrogen (secondary N) is 1. The van der Waals surface area contributed by atoms with E-state index in [2.05, 4.69) is 25.9 Å². The molecular formula is C20H17BrN4O2S2. The highest BCUT2D eigenvalue weighted by molar-refractivity contribution is 9.10. The highest BCUT2D eigenvalue weighted by atomic mass is 79.9. The first-order chi connectivity index (χ1) is 14.1. The molecule has 9 heteroatoms. The van der Waals surface area contributed by atoms with Gasteiger partial charge in [-0.15, -0.1) is 22.7 Å². The average molecular weight is 489 g/mol. The number of nitrogens with zero attached hydrogens (tertiary/aromatic N) is 3. The predicted octanol–water partition coefficient (Wildman–Crippen LogP) is 4.75. The van der Waals surface area contributed by atoms with Crippen molar-refractivity contribution in [1.82, 2.24) is 19.4 Å². The Bertz CT molecular complexity index is 1250. The molecule has 1 fully saturated rings. The Labute approximate surface area is 183 Å². The fourth-order valence-electron chi connectivity index (χ4n) is 3.84. The molecule has 6 nitrogen and oxygen atoms in total. The lowest BCUT2D eigenvalue weighted by Gasteiger charge is -2.32. The third-order valence-corrected chi connectivity index (χ3v) is 7.94. The maximum Gasteiger partial charge on any atom is 0.326 e. The SMILES string of the molecule is O=C(c1csc(-c2cc(Br)cs2)n1)N1CCC(n2c(=O)[nH]c3ccccc32)CC1. The number of carbonyl (C=O) groups is 1. The van der Waals surface area contributed by atoms with E-state index < -0.39 is 0 Å². The lowest BCUT2D eigenvalue weighted by Crippen LogP contribution is -2.40. The zero-order valence-corrected chi connectivity index (χ0v) is 18.5. The molecule has 1 aliphatic rings. The number of aromatic amines is 1. The number of amides is 1. The highest BCUT2D eigenvalue weighted by Gasteiger charge is 2.27. The molecule has 0 bridgehead atoms. The minimum atomic E-state index is -0.0813. The molecule has 148 valence electrons. The number of fused-ring (bicyclic) bond motifs is 1. The minimum absolute atomic E-state index is 0.0344. The fourth-order valence-corrected chi connectivity index (χ4v) is 6.14. The van der Waals surface area contributed by atoms with Crippen molar-refractivity contribution in [2.24, 2.45) is 0 Å². The van der Waals surface area contributed by atoms with E-state index in [0.29, 0.717) is 18.8 Å². The molecule has 29 heavy (non-hydrogen) atoms. The van der Waals surface area contributed by atoms with E-state index in [9.17, 15) is 9.59 Å². The molecule has 1 aliphatic heterocycles. The number of thiazole rings is 1. The number of benzene rings is 1. The smallest absolute Gasteiger partial charge is 0.326 e. The summed E-state index contributed by atoms with van der Waals surface area (Å²) in [4.78, 5) is 35.7. The zero-order valence-electron chi connectivity index (χ0n) is 15.3. The number of aromatic nitrogens is 3. The van der Waals surface area contributed by atoms with Crippen molar-refractivity contribution in [3.8, 4) is 9.88 Å². The van der Waals surface area contributed by atoms with Crippen molar-refractivity contribution in [3.05, 3.63) is 61.7 Å². The van der Waals surface area contributed by atoms with Crippen LogP contribution in [0.5, 0.6) is 0 Å². The number of imidazole rings is 1. The van der Waals surface area contributed by atoms with Crippen LogP contribution in [-0.2, 0) is 0 Å². The Hall–Kier alpha value is -2.23.